The number of piperidine rings is 1. The van der Waals surface area contributed by atoms with Gasteiger partial charge in [-0.3, -0.25) is 14.6 Å². The van der Waals surface area contributed by atoms with Crippen LogP contribution in [0.25, 0.3) is 10.9 Å². The molecule has 138 valence electrons. The van der Waals surface area contributed by atoms with Crippen molar-refractivity contribution in [3.8, 4) is 0 Å². The Labute approximate surface area is 154 Å². The molecule has 3 rings (SSSR count). The lowest BCUT2D eigenvalue weighted by molar-refractivity contribution is -0.126. The van der Waals surface area contributed by atoms with Gasteiger partial charge in [0, 0.05) is 30.9 Å². The van der Waals surface area contributed by atoms with E-state index in [2.05, 4.69) is 16.4 Å². The summed E-state index contributed by atoms with van der Waals surface area (Å²) in [6, 6.07) is 8.03. The summed E-state index contributed by atoms with van der Waals surface area (Å²) in [4.78, 5) is 31.5. The summed E-state index contributed by atoms with van der Waals surface area (Å²) in [7, 11) is 0. The zero-order valence-electron chi connectivity index (χ0n) is 15.8. The number of carbonyl (C=O) groups is 2. The van der Waals surface area contributed by atoms with Crippen molar-refractivity contribution < 1.29 is 9.59 Å². The lowest BCUT2D eigenvalue weighted by Crippen LogP contribution is -2.43. The number of likely N-dealkylation sites (tertiary alicyclic amines) is 1. The van der Waals surface area contributed by atoms with E-state index in [-0.39, 0.29) is 17.7 Å². The molecule has 2 heterocycles. The third kappa shape index (κ3) is 3.87. The van der Waals surface area contributed by atoms with Crippen molar-refractivity contribution in [3.63, 3.8) is 0 Å². The largest absolute Gasteiger partial charge is 0.356 e. The van der Waals surface area contributed by atoms with Gasteiger partial charge in [0.2, 0.25) is 5.91 Å². The molecule has 0 radical (unpaired) electrons. The van der Waals surface area contributed by atoms with Crippen LogP contribution in [0, 0.1) is 19.8 Å². The van der Waals surface area contributed by atoms with Crippen molar-refractivity contribution in [2.75, 3.05) is 19.6 Å². The van der Waals surface area contributed by atoms with Crippen LogP contribution in [0.15, 0.2) is 24.3 Å². The number of amides is 2. The van der Waals surface area contributed by atoms with Crippen LogP contribution >= 0.6 is 0 Å². The van der Waals surface area contributed by atoms with E-state index in [0.29, 0.717) is 18.7 Å². The first kappa shape index (κ1) is 18.4. The summed E-state index contributed by atoms with van der Waals surface area (Å²) in [5, 5.41) is 3.95. The van der Waals surface area contributed by atoms with Crippen LogP contribution in [0.2, 0.25) is 0 Å². The van der Waals surface area contributed by atoms with Gasteiger partial charge in [-0.1, -0.05) is 18.6 Å². The highest BCUT2D eigenvalue weighted by molar-refractivity contribution is 5.98. The van der Waals surface area contributed by atoms with Crippen LogP contribution in [0.1, 0.15) is 47.8 Å². The minimum absolute atomic E-state index is 0.0177. The molecule has 5 nitrogen and oxygen atoms in total. The van der Waals surface area contributed by atoms with Gasteiger partial charge in [0.05, 0.1) is 16.8 Å². The number of fused-ring (bicyclic) bond motifs is 1. The standard InChI is InChI=1S/C21H27N3O2/c1-4-9-22-20(25)16-7-10-24(11-8-16)21(26)18-13-17-12-14(2)5-6-19(17)23-15(18)3/h5-6,12-13,16H,4,7-11H2,1-3H3,(H,22,25). The van der Waals surface area contributed by atoms with Crippen LogP contribution in [0.4, 0.5) is 0 Å². The first-order valence-electron chi connectivity index (χ1n) is 9.44. The maximum Gasteiger partial charge on any atom is 0.255 e. The number of benzene rings is 1. The number of carbonyl (C=O) groups excluding carboxylic acids is 2. The quantitative estimate of drug-likeness (QED) is 0.918. The molecule has 1 saturated heterocycles. The maximum absolute atomic E-state index is 13.0. The summed E-state index contributed by atoms with van der Waals surface area (Å²) in [5.41, 5.74) is 3.49. The molecule has 2 aromatic rings. The molecule has 1 fully saturated rings. The molecule has 5 heteroatoms. The van der Waals surface area contributed by atoms with Gasteiger partial charge >= 0.3 is 0 Å². The topological polar surface area (TPSA) is 62.3 Å². The molecule has 1 N–H and O–H groups in total. The van der Waals surface area contributed by atoms with E-state index in [9.17, 15) is 9.59 Å². The summed E-state index contributed by atoms with van der Waals surface area (Å²) < 4.78 is 0. The predicted octanol–water partition coefficient (Wildman–Crippen LogP) is 3.23. The molecular formula is C21H27N3O2. The van der Waals surface area contributed by atoms with Crippen molar-refractivity contribution in [1.29, 1.82) is 0 Å². The number of pyridine rings is 1. The van der Waals surface area contributed by atoms with Gasteiger partial charge < -0.3 is 10.2 Å². The summed E-state index contributed by atoms with van der Waals surface area (Å²) >= 11 is 0. The summed E-state index contributed by atoms with van der Waals surface area (Å²) in [6.07, 6.45) is 2.39. The molecular weight excluding hydrogens is 326 g/mol. The van der Waals surface area contributed by atoms with Gasteiger partial charge in [0.25, 0.3) is 5.91 Å². The highest BCUT2D eigenvalue weighted by Crippen LogP contribution is 2.23. The molecule has 0 saturated carbocycles. The fourth-order valence-electron chi connectivity index (χ4n) is 3.52. The number of hydrogen-bond acceptors (Lipinski definition) is 3. The van der Waals surface area contributed by atoms with Crippen LogP contribution in [-0.4, -0.2) is 41.3 Å². The zero-order chi connectivity index (χ0) is 18.7. The minimum Gasteiger partial charge on any atom is -0.356 e. The second-order valence-corrected chi connectivity index (χ2v) is 7.17. The lowest BCUT2D eigenvalue weighted by Gasteiger charge is -2.31. The first-order chi connectivity index (χ1) is 12.5. The second-order valence-electron chi connectivity index (χ2n) is 7.17. The Bertz CT molecular complexity index is 823. The van der Waals surface area contributed by atoms with Gasteiger partial charge in [-0.15, -0.1) is 0 Å². The molecule has 26 heavy (non-hydrogen) atoms. The van der Waals surface area contributed by atoms with Gasteiger partial charge in [0.15, 0.2) is 0 Å². The minimum atomic E-state index is 0.0177. The van der Waals surface area contributed by atoms with E-state index < -0.39 is 0 Å². The highest BCUT2D eigenvalue weighted by Gasteiger charge is 2.28. The molecule has 1 aromatic carbocycles. The maximum atomic E-state index is 13.0. The number of aryl methyl sites for hydroxylation is 2. The van der Waals surface area contributed by atoms with Crippen LogP contribution in [-0.2, 0) is 4.79 Å². The van der Waals surface area contributed by atoms with Gasteiger partial charge in [-0.05, 0) is 51.3 Å². The number of aromatic nitrogens is 1. The smallest absolute Gasteiger partial charge is 0.255 e. The number of rotatable bonds is 4. The van der Waals surface area contributed by atoms with Gasteiger partial charge in [0.1, 0.15) is 0 Å². The lowest BCUT2D eigenvalue weighted by atomic mass is 9.95. The van der Waals surface area contributed by atoms with E-state index in [1.165, 1.54) is 0 Å². The molecule has 0 atom stereocenters. The van der Waals surface area contributed by atoms with E-state index in [1.807, 2.05) is 43.9 Å². The Balaban J connectivity index is 1.71. The first-order valence-corrected chi connectivity index (χ1v) is 9.44. The molecule has 1 aliphatic rings. The number of nitrogens with zero attached hydrogens (tertiary/aromatic N) is 2. The Hall–Kier alpha value is -2.43. The Kier molecular flexibility index (Phi) is 5.55. The Morgan fingerprint density at radius 2 is 1.92 bits per heavy atom. The summed E-state index contributed by atoms with van der Waals surface area (Å²) in [5.74, 6) is 0.160. The molecule has 0 bridgehead atoms. The molecule has 0 unspecified atom stereocenters. The number of hydrogen-bond donors (Lipinski definition) is 1. The van der Waals surface area contributed by atoms with Crippen LogP contribution < -0.4 is 5.32 Å². The third-order valence-corrected chi connectivity index (χ3v) is 5.09. The number of nitrogens with one attached hydrogen (secondary N) is 1. The van der Waals surface area contributed by atoms with Crippen molar-refractivity contribution in [1.82, 2.24) is 15.2 Å². The van der Waals surface area contributed by atoms with Gasteiger partial charge in [-0.2, -0.15) is 0 Å². The Morgan fingerprint density at radius 1 is 1.19 bits per heavy atom. The van der Waals surface area contributed by atoms with Crippen molar-refractivity contribution in [2.24, 2.45) is 5.92 Å². The Morgan fingerprint density at radius 3 is 2.62 bits per heavy atom. The van der Waals surface area contributed by atoms with Crippen molar-refractivity contribution in [2.45, 2.75) is 40.0 Å². The average Bonchev–Trinajstić information content (AvgIpc) is 2.65. The van der Waals surface area contributed by atoms with E-state index in [4.69, 9.17) is 0 Å². The fourth-order valence-corrected chi connectivity index (χ4v) is 3.52. The van der Waals surface area contributed by atoms with E-state index in [1.54, 1.807) is 0 Å². The average molecular weight is 353 g/mol. The molecule has 1 aliphatic heterocycles. The monoisotopic (exact) mass is 353 g/mol. The summed E-state index contributed by atoms with van der Waals surface area (Å²) in [6.45, 7) is 7.93. The van der Waals surface area contributed by atoms with Crippen molar-refractivity contribution in [3.05, 3.63) is 41.1 Å². The van der Waals surface area contributed by atoms with E-state index >= 15 is 0 Å². The molecule has 0 aliphatic carbocycles. The van der Waals surface area contributed by atoms with Crippen LogP contribution in [0.3, 0.4) is 0 Å². The molecule has 0 spiro atoms. The van der Waals surface area contributed by atoms with Crippen molar-refractivity contribution >= 4 is 22.7 Å². The fraction of sp³-hybridized carbons (Fsp3) is 0.476. The van der Waals surface area contributed by atoms with Gasteiger partial charge in [-0.25, -0.2) is 0 Å². The second kappa shape index (κ2) is 7.85. The molecule has 2 amide bonds. The SMILES string of the molecule is CCCNC(=O)C1CCN(C(=O)c2cc3cc(C)ccc3nc2C)CC1. The molecule has 1 aromatic heterocycles. The normalized spacial score (nSPS) is 15.3. The van der Waals surface area contributed by atoms with E-state index in [0.717, 1.165) is 48.0 Å². The predicted molar refractivity (Wildman–Crippen MR) is 103 cm³/mol. The zero-order valence-corrected chi connectivity index (χ0v) is 15.8. The van der Waals surface area contributed by atoms with Crippen LogP contribution in [0.5, 0.6) is 0 Å². The third-order valence-electron chi connectivity index (χ3n) is 5.09. The highest BCUT2D eigenvalue weighted by atomic mass is 16.2.